The van der Waals surface area contributed by atoms with Gasteiger partial charge in [-0.05, 0) is 74.5 Å². The van der Waals surface area contributed by atoms with Crippen molar-refractivity contribution in [3.05, 3.63) is 100 Å². The van der Waals surface area contributed by atoms with Crippen molar-refractivity contribution in [2.45, 2.75) is 24.8 Å². The van der Waals surface area contributed by atoms with Crippen molar-refractivity contribution in [1.29, 1.82) is 0 Å². The molecule has 34 heavy (non-hydrogen) atoms. The Morgan fingerprint density at radius 2 is 1.56 bits per heavy atom. The Balaban J connectivity index is 1.66. The first kappa shape index (κ1) is 23.6. The van der Waals surface area contributed by atoms with Crippen molar-refractivity contribution in [2.24, 2.45) is 0 Å². The van der Waals surface area contributed by atoms with E-state index in [-0.39, 0.29) is 16.7 Å². The number of halogens is 1. The zero-order valence-electron chi connectivity index (χ0n) is 18.4. The van der Waals surface area contributed by atoms with Gasteiger partial charge in [-0.15, -0.1) is 0 Å². The van der Waals surface area contributed by atoms with Gasteiger partial charge in [0.1, 0.15) is 10.6 Å². The van der Waals surface area contributed by atoms with E-state index in [1.807, 2.05) is 30.3 Å². The highest BCUT2D eigenvalue weighted by Crippen LogP contribution is 2.38. The zero-order chi connectivity index (χ0) is 24.2. The molecule has 0 spiro atoms. The van der Waals surface area contributed by atoms with Crippen LogP contribution in [-0.4, -0.2) is 23.9 Å². The first-order valence-corrected chi connectivity index (χ1v) is 11.7. The molecule has 0 fully saturated rings. The molecule has 6 nitrogen and oxygen atoms in total. The number of hydrogen-bond donors (Lipinski definition) is 1. The molecule has 172 valence electrons. The lowest BCUT2D eigenvalue weighted by molar-refractivity contribution is -0.120. The summed E-state index contributed by atoms with van der Waals surface area (Å²) in [4.78, 5) is 41.2. The molecule has 1 aliphatic rings. The lowest BCUT2D eigenvalue weighted by Gasteiger charge is -2.16. The molecule has 0 bridgehead atoms. The van der Waals surface area contributed by atoms with Crippen molar-refractivity contribution in [3.63, 3.8) is 0 Å². The Hall–Kier alpha value is -3.55. The zero-order valence-corrected chi connectivity index (χ0v) is 20.0. The van der Waals surface area contributed by atoms with Crippen molar-refractivity contribution < 1.29 is 19.1 Å². The number of carbonyl (C=O) groups excluding carboxylic acids is 3. The van der Waals surface area contributed by atoms with Gasteiger partial charge in [-0.2, -0.15) is 0 Å². The minimum atomic E-state index is -0.490. The largest absolute Gasteiger partial charge is 0.459 e. The second-order valence-corrected chi connectivity index (χ2v) is 9.22. The number of amides is 2. The summed E-state index contributed by atoms with van der Waals surface area (Å²) in [5.74, 6) is -1.41. The van der Waals surface area contributed by atoms with Gasteiger partial charge in [0.15, 0.2) is 0 Å². The summed E-state index contributed by atoms with van der Waals surface area (Å²) in [5, 5.41) is 3.64. The Bertz CT molecular complexity index is 1260. The predicted octanol–water partition coefficient (Wildman–Crippen LogP) is 5.89. The number of thioether (sulfide) groups is 1. The SMILES string of the molecule is CC(C)OC(=O)c1ccc(N2C(=O)C(Nc3ccc(Cl)cc3)=C(Sc3ccccc3)C2=O)cc1. The highest BCUT2D eigenvalue weighted by Gasteiger charge is 2.40. The average molecular weight is 493 g/mol. The van der Waals surface area contributed by atoms with E-state index in [0.717, 1.165) is 9.80 Å². The van der Waals surface area contributed by atoms with E-state index in [2.05, 4.69) is 5.32 Å². The van der Waals surface area contributed by atoms with Gasteiger partial charge in [0, 0.05) is 15.6 Å². The van der Waals surface area contributed by atoms with Gasteiger partial charge in [0.25, 0.3) is 11.8 Å². The molecule has 1 N–H and O–H groups in total. The number of esters is 1. The van der Waals surface area contributed by atoms with E-state index in [9.17, 15) is 14.4 Å². The number of nitrogens with zero attached hydrogens (tertiary/aromatic N) is 1. The van der Waals surface area contributed by atoms with Gasteiger partial charge in [-0.1, -0.05) is 41.6 Å². The lowest BCUT2D eigenvalue weighted by Crippen LogP contribution is -2.32. The Kier molecular flexibility index (Phi) is 7.05. The number of imide groups is 1. The normalized spacial score (nSPS) is 13.6. The molecule has 0 aliphatic carbocycles. The lowest BCUT2D eigenvalue weighted by atomic mass is 10.2. The fourth-order valence-electron chi connectivity index (χ4n) is 3.26. The summed E-state index contributed by atoms with van der Waals surface area (Å²) >= 11 is 7.19. The van der Waals surface area contributed by atoms with Crippen molar-refractivity contribution in [1.82, 2.24) is 0 Å². The number of anilines is 2. The van der Waals surface area contributed by atoms with Crippen LogP contribution in [-0.2, 0) is 14.3 Å². The van der Waals surface area contributed by atoms with Crippen LogP contribution in [0.1, 0.15) is 24.2 Å². The second kappa shape index (κ2) is 10.2. The summed E-state index contributed by atoms with van der Waals surface area (Å²) < 4.78 is 5.20. The molecule has 3 aromatic carbocycles. The molecule has 0 atom stereocenters. The van der Waals surface area contributed by atoms with Gasteiger partial charge < -0.3 is 10.1 Å². The van der Waals surface area contributed by atoms with Crippen LogP contribution in [0.15, 0.2) is 94.4 Å². The maximum atomic E-state index is 13.4. The smallest absolute Gasteiger partial charge is 0.338 e. The molecule has 8 heteroatoms. The molecule has 1 aliphatic heterocycles. The standard InChI is InChI=1S/C26H21ClN2O4S/c1-16(2)33-26(32)17-8-14-20(15-9-17)29-24(30)22(28-19-12-10-18(27)11-13-19)23(25(29)31)34-21-6-4-3-5-7-21/h3-16,28H,1-2H3. The first-order chi connectivity index (χ1) is 16.3. The summed E-state index contributed by atoms with van der Waals surface area (Å²) in [7, 11) is 0. The highest BCUT2D eigenvalue weighted by atomic mass is 35.5. The van der Waals surface area contributed by atoms with E-state index in [0.29, 0.717) is 22.0 Å². The summed E-state index contributed by atoms with van der Waals surface area (Å²) in [5.41, 5.74) is 1.49. The van der Waals surface area contributed by atoms with Gasteiger partial charge >= 0.3 is 5.97 Å². The number of benzene rings is 3. The van der Waals surface area contributed by atoms with Crippen LogP contribution in [0.4, 0.5) is 11.4 Å². The molecular formula is C26H21ClN2O4S. The minimum absolute atomic E-state index is 0.171. The third-order valence-electron chi connectivity index (χ3n) is 4.82. The fraction of sp³-hybridized carbons (Fsp3) is 0.115. The summed E-state index contributed by atoms with van der Waals surface area (Å²) in [6.07, 6.45) is -0.253. The number of hydrogen-bond acceptors (Lipinski definition) is 6. The molecule has 0 saturated carbocycles. The summed E-state index contributed by atoms with van der Waals surface area (Å²) in [6.45, 7) is 3.53. The van der Waals surface area contributed by atoms with Gasteiger partial charge in [-0.25, -0.2) is 9.69 Å². The van der Waals surface area contributed by atoms with E-state index in [4.69, 9.17) is 16.3 Å². The molecule has 2 amide bonds. The summed E-state index contributed by atoms with van der Waals surface area (Å²) in [6, 6.07) is 22.4. The van der Waals surface area contributed by atoms with Crippen LogP contribution in [0.2, 0.25) is 5.02 Å². The number of nitrogens with one attached hydrogen (secondary N) is 1. The van der Waals surface area contributed by atoms with E-state index >= 15 is 0 Å². The number of rotatable bonds is 7. The Labute approximate surface area is 206 Å². The Morgan fingerprint density at radius 3 is 2.18 bits per heavy atom. The molecule has 4 rings (SSSR count). The molecule has 0 saturated heterocycles. The van der Waals surface area contributed by atoms with Crippen LogP contribution < -0.4 is 10.2 Å². The third kappa shape index (κ3) is 5.16. The van der Waals surface area contributed by atoms with Crippen LogP contribution in [0.25, 0.3) is 0 Å². The van der Waals surface area contributed by atoms with Crippen LogP contribution in [0.5, 0.6) is 0 Å². The maximum Gasteiger partial charge on any atom is 0.338 e. The van der Waals surface area contributed by atoms with Crippen molar-refractivity contribution in [3.8, 4) is 0 Å². The van der Waals surface area contributed by atoms with E-state index < -0.39 is 17.8 Å². The monoisotopic (exact) mass is 492 g/mol. The quantitative estimate of drug-likeness (QED) is 0.327. The predicted molar refractivity (Wildman–Crippen MR) is 134 cm³/mol. The van der Waals surface area contributed by atoms with Crippen LogP contribution in [0, 0.1) is 0 Å². The van der Waals surface area contributed by atoms with Gasteiger partial charge in [-0.3, -0.25) is 9.59 Å². The first-order valence-electron chi connectivity index (χ1n) is 10.5. The second-order valence-electron chi connectivity index (χ2n) is 7.70. The van der Waals surface area contributed by atoms with E-state index in [1.165, 1.54) is 23.9 Å². The van der Waals surface area contributed by atoms with E-state index in [1.54, 1.807) is 50.2 Å². The molecular weight excluding hydrogens is 472 g/mol. The fourth-order valence-corrected chi connectivity index (χ4v) is 4.34. The minimum Gasteiger partial charge on any atom is -0.459 e. The third-order valence-corrected chi connectivity index (χ3v) is 6.16. The topological polar surface area (TPSA) is 75.7 Å². The highest BCUT2D eigenvalue weighted by molar-refractivity contribution is 8.04. The Morgan fingerprint density at radius 1 is 0.912 bits per heavy atom. The van der Waals surface area contributed by atoms with Crippen LogP contribution in [0.3, 0.4) is 0 Å². The number of carbonyl (C=O) groups is 3. The molecule has 0 aromatic heterocycles. The molecule has 1 heterocycles. The van der Waals surface area contributed by atoms with Crippen molar-refractivity contribution in [2.75, 3.05) is 10.2 Å². The van der Waals surface area contributed by atoms with Crippen LogP contribution >= 0.6 is 23.4 Å². The average Bonchev–Trinajstić information content (AvgIpc) is 3.04. The van der Waals surface area contributed by atoms with Gasteiger partial charge in [0.05, 0.1) is 17.4 Å². The molecule has 0 unspecified atom stereocenters. The van der Waals surface area contributed by atoms with Gasteiger partial charge in [0.2, 0.25) is 0 Å². The molecule has 3 aromatic rings. The maximum absolute atomic E-state index is 13.4. The molecule has 0 radical (unpaired) electrons. The number of ether oxygens (including phenoxy) is 1. The van der Waals surface area contributed by atoms with Crippen molar-refractivity contribution >= 4 is 52.5 Å².